The van der Waals surface area contributed by atoms with E-state index in [4.69, 9.17) is 0 Å². The molecule has 1 amide bonds. The summed E-state index contributed by atoms with van der Waals surface area (Å²) in [5.74, 6) is 0.357. The van der Waals surface area contributed by atoms with Gasteiger partial charge >= 0.3 is 0 Å². The summed E-state index contributed by atoms with van der Waals surface area (Å²) < 4.78 is 26.7. The van der Waals surface area contributed by atoms with Gasteiger partial charge in [0.2, 0.25) is 10.0 Å². The molecule has 152 valence electrons. The zero-order chi connectivity index (χ0) is 21.1. The molecule has 0 saturated heterocycles. The van der Waals surface area contributed by atoms with E-state index in [0.29, 0.717) is 5.69 Å². The van der Waals surface area contributed by atoms with Gasteiger partial charge in [0.25, 0.3) is 5.91 Å². The number of hydrogen-bond acceptors (Lipinski definition) is 4. The number of nitrogens with zero attached hydrogens (tertiary/aromatic N) is 1. The van der Waals surface area contributed by atoms with Crippen molar-refractivity contribution in [1.82, 2.24) is 14.7 Å². The largest absolute Gasteiger partial charge is 0.338 e. The first kappa shape index (κ1) is 19.8. The average Bonchev–Trinajstić information content (AvgIpc) is 3.18. The van der Waals surface area contributed by atoms with Crippen molar-refractivity contribution in [2.45, 2.75) is 11.8 Å². The summed E-state index contributed by atoms with van der Waals surface area (Å²) in [6.45, 7) is 1.97. The van der Waals surface area contributed by atoms with E-state index in [9.17, 15) is 13.2 Å². The Labute approximate surface area is 174 Å². The molecule has 0 radical (unpaired) electrons. The van der Waals surface area contributed by atoms with E-state index in [1.54, 1.807) is 31.2 Å². The monoisotopic (exact) mass is 420 g/mol. The third-order valence-electron chi connectivity index (χ3n) is 4.55. The Morgan fingerprint density at radius 1 is 1.00 bits per heavy atom. The third-order valence-corrected chi connectivity index (χ3v) is 6.09. The quantitative estimate of drug-likeness (QED) is 0.441. The van der Waals surface area contributed by atoms with Gasteiger partial charge < -0.3 is 10.3 Å². The highest BCUT2D eigenvalue weighted by atomic mass is 32.2. The van der Waals surface area contributed by atoms with E-state index < -0.39 is 10.0 Å². The average molecular weight is 420 g/mol. The number of amides is 1. The first-order valence-electron chi connectivity index (χ1n) is 9.42. The molecule has 0 atom stereocenters. The van der Waals surface area contributed by atoms with Gasteiger partial charge in [-0.15, -0.1) is 0 Å². The van der Waals surface area contributed by atoms with Crippen LogP contribution in [-0.4, -0.2) is 30.8 Å². The van der Waals surface area contributed by atoms with E-state index in [-0.39, 0.29) is 22.9 Å². The van der Waals surface area contributed by atoms with E-state index >= 15 is 0 Å². The molecule has 0 fully saturated rings. The SMILES string of the molecule is CCNS(=O)(=O)c1cccc(C(=O)Nc2ccc(-c3nc4ccccc4[nH]3)cc2)c1. The number of carbonyl (C=O) groups is 1. The molecule has 4 aromatic rings. The Balaban J connectivity index is 1.51. The predicted molar refractivity (Wildman–Crippen MR) is 117 cm³/mol. The Morgan fingerprint density at radius 2 is 1.77 bits per heavy atom. The van der Waals surface area contributed by atoms with Crippen LogP contribution < -0.4 is 10.0 Å². The van der Waals surface area contributed by atoms with Crippen LogP contribution in [0.1, 0.15) is 17.3 Å². The van der Waals surface area contributed by atoms with Gasteiger partial charge in [-0.2, -0.15) is 0 Å². The van der Waals surface area contributed by atoms with E-state index in [1.165, 1.54) is 12.1 Å². The highest BCUT2D eigenvalue weighted by molar-refractivity contribution is 7.89. The maximum atomic E-state index is 12.6. The Bertz CT molecular complexity index is 1280. The molecule has 7 nitrogen and oxygen atoms in total. The van der Waals surface area contributed by atoms with Gasteiger partial charge in [-0.3, -0.25) is 4.79 Å². The van der Waals surface area contributed by atoms with Crippen LogP contribution in [0.25, 0.3) is 22.4 Å². The van der Waals surface area contributed by atoms with Crippen LogP contribution in [-0.2, 0) is 10.0 Å². The van der Waals surface area contributed by atoms with Gasteiger partial charge in [-0.1, -0.05) is 25.1 Å². The van der Waals surface area contributed by atoms with E-state index in [0.717, 1.165) is 22.4 Å². The van der Waals surface area contributed by atoms with Crippen LogP contribution in [0.2, 0.25) is 0 Å². The summed E-state index contributed by atoms with van der Waals surface area (Å²) in [5.41, 5.74) is 3.59. The Morgan fingerprint density at radius 3 is 2.50 bits per heavy atom. The number of H-pyrrole nitrogens is 1. The van der Waals surface area contributed by atoms with Crippen LogP contribution in [0.5, 0.6) is 0 Å². The minimum absolute atomic E-state index is 0.0530. The van der Waals surface area contributed by atoms with E-state index in [2.05, 4.69) is 20.0 Å². The molecule has 8 heteroatoms. The van der Waals surface area contributed by atoms with Crippen LogP contribution in [0, 0.1) is 0 Å². The zero-order valence-corrected chi connectivity index (χ0v) is 17.0. The molecule has 3 aromatic carbocycles. The van der Waals surface area contributed by atoms with Crippen molar-refractivity contribution < 1.29 is 13.2 Å². The molecule has 3 N–H and O–H groups in total. The molecule has 0 saturated carbocycles. The highest BCUT2D eigenvalue weighted by Gasteiger charge is 2.15. The number of fused-ring (bicyclic) bond motifs is 1. The van der Waals surface area contributed by atoms with Crippen LogP contribution in [0.3, 0.4) is 0 Å². The van der Waals surface area contributed by atoms with Crippen molar-refractivity contribution in [1.29, 1.82) is 0 Å². The molecule has 0 aliphatic carbocycles. The standard InChI is InChI=1S/C22H20N4O3S/c1-2-23-30(28,29)18-7-5-6-16(14-18)22(27)24-17-12-10-15(11-13-17)21-25-19-8-3-4-9-20(19)26-21/h3-14,23H,2H2,1H3,(H,24,27)(H,25,26). The lowest BCUT2D eigenvalue weighted by Crippen LogP contribution is -2.23. The van der Waals surface area contributed by atoms with Gasteiger partial charge in [0, 0.05) is 23.4 Å². The second-order valence-electron chi connectivity index (χ2n) is 6.66. The molecular formula is C22H20N4O3S. The maximum absolute atomic E-state index is 12.6. The van der Waals surface area contributed by atoms with Gasteiger partial charge in [-0.05, 0) is 54.6 Å². The summed E-state index contributed by atoms with van der Waals surface area (Å²) in [4.78, 5) is 20.5. The van der Waals surface area contributed by atoms with Crippen LogP contribution in [0.4, 0.5) is 5.69 Å². The maximum Gasteiger partial charge on any atom is 0.255 e. The van der Waals surface area contributed by atoms with Gasteiger partial charge in [-0.25, -0.2) is 18.1 Å². The van der Waals surface area contributed by atoms with Gasteiger partial charge in [0.1, 0.15) is 5.82 Å². The van der Waals surface area contributed by atoms with Crippen LogP contribution >= 0.6 is 0 Å². The lowest BCUT2D eigenvalue weighted by atomic mass is 10.1. The number of aromatic nitrogens is 2. The summed E-state index contributed by atoms with van der Waals surface area (Å²) in [6.07, 6.45) is 0. The summed E-state index contributed by atoms with van der Waals surface area (Å²) in [5, 5.41) is 2.79. The molecule has 0 unspecified atom stereocenters. The number of rotatable bonds is 6. The zero-order valence-electron chi connectivity index (χ0n) is 16.2. The first-order valence-corrected chi connectivity index (χ1v) is 10.9. The molecule has 0 aliphatic rings. The molecule has 0 bridgehead atoms. The van der Waals surface area contributed by atoms with Gasteiger partial charge in [0.15, 0.2) is 0 Å². The number of anilines is 1. The minimum Gasteiger partial charge on any atom is -0.338 e. The molecule has 1 aromatic heterocycles. The van der Waals surface area contributed by atoms with Crippen LogP contribution in [0.15, 0.2) is 77.7 Å². The predicted octanol–water partition coefficient (Wildman–Crippen LogP) is 3.78. The molecule has 1 heterocycles. The number of carbonyl (C=O) groups excluding carboxylic acids is 1. The number of sulfonamides is 1. The number of imidazole rings is 1. The van der Waals surface area contributed by atoms with Crippen molar-refractivity contribution >= 4 is 32.7 Å². The van der Waals surface area contributed by atoms with Crippen molar-refractivity contribution in [3.63, 3.8) is 0 Å². The lowest BCUT2D eigenvalue weighted by Gasteiger charge is -2.08. The third kappa shape index (κ3) is 4.10. The van der Waals surface area contributed by atoms with Gasteiger partial charge in [0.05, 0.1) is 15.9 Å². The van der Waals surface area contributed by atoms with Crippen molar-refractivity contribution in [2.24, 2.45) is 0 Å². The molecular weight excluding hydrogens is 400 g/mol. The molecule has 30 heavy (non-hydrogen) atoms. The number of benzene rings is 3. The topological polar surface area (TPSA) is 104 Å². The molecule has 4 rings (SSSR count). The summed E-state index contributed by atoms with van der Waals surface area (Å²) in [6, 6.07) is 21.0. The number of para-hydroxylation sites is 2. The Hall–Kier alpha value is -3.49. The van der Waals surface area contributed by atoms with Crippen molar-refractivity contribution in [3.05, 3.63) is 78.4 Å². The number of nitrogens with one attached hydrogen (secondary N) is 3. The number of hydrogen-bond donors (Lipinski definition) is 3. The number of aromatic amines is 1. The first-order chi connectivity index (χ1) is 14.5. The smallest absolute Gasteiger partial charge is 0.255 e. The fourth-order valence-electron chi connectivity index (χ4n) is 3.08. The fraction of sp³-hybridized carbons (Fsp3) is 0.0909. The molecule has 0 aliphatic heterocycles. The highest BCUT2D eigenvalue weighted by Crippen LogP contribution is 2.22. The lowest BCUT2D eigenvalue weighted by molar-refractivity contribution is 0.102. The van der Waals surface area contributed by atoms with Crippen molar-refractivity contribution in [3.8, 4) is 11.4 Å². The minimum atomic E-state index is -3.63. The second-order valence-corrected chi connectivity index (χ2v) is 8.43. The Kier molecular flexibility index (Phi) is 5.35. The molecule has 0 spiro atoms. The second kappa shape index (κ2) is 8.10. The normalized spacial score (nSPS) is 11.5. The summed E-state index contributed by atoms with van der Waals surface area (Å²) in [7, 11) is -3.63. The van der Waals surface area contributed by atoms with Crippen molar-refractivity contribution in [2.75, 3.05) is 11.9 Å². The fourth-order valence-corrected chi connectivity index (χ4v) is 4.17. The summed E-state index contributed by atoms with van der Waals surface area (Å²) >= 11 is 0. The van der Waals surface area contributed by atoms with E-state index in [1.807, 2.05) is 36.4 Å².